The second-order valence-electron chi connectivity index (χ2n) is 5.74. The van der Waals surface area contributed by atoms with Crippen LogP contribution in [0.1, 0.15) is 5.56 Å². The van der Waals surface area contributed by atoms with Gasteiger partial charge in [-0.1, -0.05) is 35.4 Å². The zero-order valence-corrected chi connectivity index (χ0v) is 16.7. The molecule has 1 N–H and O–H groups in total. The Kier molecular flexibility index (Phi) is 6.87. The summed E-state index contributed by atoms with van der Waals surface area (Å²) in [6.07, 6.45) is 1.51. The van der Waals surface area contributed by atoms with E-state index in [-0.39, 0.29) is 22.2 Å². The Balaban J connectivity index is 2.48. The van der Waals surface area contributed by atoms with Crippen molar-refractivity contribution < 1.29 is 17.9 Å². The number of anilines is 1. The topological polar surface area (TPSA) is 75.7 Å². The monoisotopic (exact) mass is 408 g/mol. The van der Waals surface area contributed by atoms with Gasteiger partial charge in [0.25, 0.3) is 10.0 Å². The van der Waals surface area contributed by atoms with Gasteiger partial charge in [-0.25, -0.2) is 8.42 Å². The molecular formula is C19H21ClN2O4S. The molecule has 27 heavy (non-hydrogen) atoms. The Morgan fingerprint density at radius 1 is 1.26 bits per heavy atom. The SMILES string of the molecule is C=CCNC(=O)CN(c1ccc(OC)c(Cl)c1)S(=O)(=O)c1ccc(C)cc1. The first-order valence-corrected chi connectivity index (χ1v) is 9.92. The molecule has 0 fully saturated rings. The Labute approximate surface area is 164 Å². The third kappa shape index (κ3) is 5.02. The van der Waals surface area contributed by atoms with Crippen LogP contribution in [0.4, 0.5) is 5.69 Å². The zero-order chi connectivity index (χ0) is 20.0. The van der Waals surface area contributed by atoms with Gasteiger partial charge in [0, 0.05) is 6.54 Å². The van der Waals surface area contributed by atoms with Crippen LogP contribution >= 0.6 is 11.6 Å². The number of carbonyl (C=O) groups excluding carboxylic acids is 1. The zero-order valence-electron chi connectivity index (χ0n) is 15.1. The summed E-state index contributed by atoms with van der Waals surface area (Å²) in [6.45, 7) is 5.23. The highest BCUT2D eigenvalue weighted by Crippen LogP contribution is 2.31. The summed E-state index contributed by atoms with van der Waals surface area (Å²) in [4.78, 5) is 12.3. The molecule has 0 saturated carbocycles. The number of halogens is 1. The van der Waals surface area contributed by atoms with Gasteiger partial charge in [-0.05, 0) is 37.3 Å². The van der Waals surface area contributed by atoms with Crippen molar-refractivity contribution in [2.75, 3.05) is 24.5 Å². The fourth-order valence-corrected chi connectivity index (χ4v) is 4.00. The molecule has 0 spiro atoms. The Morgan fingerprint density at radius 2 is 1.93 bits per heavy atom. The standard InChI is InChI=1S/C19H21ClN2O4S/c1-4-11-21-19(23)13-22(15-7-10-18(26-3)17(20)12-15)27(24,25)16-8-5-14(2)6-9-16/h4-10,12H,1,11,13H2,2-3H3,(H,21,23). The summed E-state index contributed by atoms with van der Waals surface area (Å²) in [5.41, 5.74) is 1.19. The van der Waals surface area contributed by atoms with E-state index < -0.39 is 22.5 Å². The molecule has 2 rings (SSSR count). The smallest absolute Gasteiger partial charge is 0.264 e. The van der Waals surface area contributed by atoms with E-state index in [0.717, 1.165) is 9.87 Å². The molecular weight excluding hydrogens is 388 g/mol. The number of benzene rings is 2. The third-order valence-corrected chi connectivity index (χ3v) is 5.85. The summed E-state index contributed by atoms with van der Waals surface area (Å²) in [5, 5.41) is 2.82. The second-order valence-corrected chi connectivity index (χ2v) is 8.01. The van der Waals surface area contributed by atoms with E-state index in [1.165, 1.54) is 37.5 Å². The lowest BCUT2D eigenvalue weighted by atomic mass is 10.2. The summed E-state index contributed by atoms with van der Waals surface area (Å²) in [5.74, 6) is -0.0539. The van der Waals surface area contributed by atoms with Crippen LogP contribution in [0, 0.1) is 6.92 Å². The van der Waals surface area contributed by atoms with E-state index in [1.54, 1.807) is 18.2 Å². The number of aryl methyl sites for hydroxylation is 1. The normalized spacial score (nSPS) is 10.9. The molecule has 0 saturated heterocycles. The molecule has 6 nitrogen and oxygen atoms in total. The lowest BCUT2D eigenvalue weighted by Crippen LogP contribution is -2.41. The van der Waals surface area contributed by atoms with Gasteiger partial charge in [0.05, 0.1) is 22.7 Å². The van der Waals surface area contributed by atoms with E-state index in [2.05, 4.69) is 11.9 Å². The number of nitrogens with zero attached hydrogens (tertiary/aromatic N) is 1. The molecule has 0 radical (unpaired) electrons. The molecule has 0 unspecified atom stereocenters. The van der Waals surface area contributed by atoms with Crippen LogP contribution < -0.4 is 14.4 Å². The predicted octanol–water partition coefficient (Wildman–Crippen LogP) is 3.15. The number of ether oxygens (including phenoxy) is 1. The molecule has 0 aliphatic carbocycles. The molecule has 144 valence electrons. The van der Waals surface area contributed by atoms with E-state index >= 15 is 0 Å². The highest BCUT2D eigenvalue weighted by atomic mass is 35.5. The third-order valence-electron chi connectivity index (χ3n) is 3.76. The van der Waals surface area contributed by atoms with Gasteiger partial charge < -0.3 is 10.1 Å². The fraction of sp³-hybridized carbons (Fsp3) is 0.211. The minimum atomic E-state index is -3.98. The number of amides is 1. The lowest BCUT2D eigenvalue weighted by molar-refractivity contribution is -0.119. The summed E-state index contributed by atoms with van der Waals surface area (Å²) < 4.78 is 32.5. The number of sulfonamides is 1. The average molecular weight is 409 g/mol. The van der Waals surface area contributed by atoms with Gasteiger partial charge in [-0.15, -0.1) is 6.58 Å². The molecule has 0 aliphatic heterocycles. The van der Waals surface area contributed by atoms with Crippen molar-refractivity contribution in [2.45, 2.75) is 11.8 Å². The first-order chi connectivity index (χ1) is 12.8. The van der Waals surface area contributed by atoms with Crippen LogP contribution in [0.25, 0.3) is 0 Å². The van der Waals surface area contributed by atoms with Gasteiger partial charge in [-0.2, -0.15) is 0 Å². The molecule has 0 aromatic heterocycles. The maximum absolute atomic E-state index is 13.2. The molecule has 1 amide bonds. The van der Waals surface area contributed by atoms with E-state index in [0.29, 0.717) is 5.75 Å². The van der Waals surface area contributed by atoms with Crippen LogP contribution in [0.5, 0.6) is 5.75 Å². The van der Waals surface area contributed by atoms with Crippen LogP contribution in [0.3, 0.4) is 0 Å². The molecule has 2 aromatic carbocycles. The molecule has 0 heterocycles. The van der Waals surface area contributed by atoms with Crippen molar-refractivity contribution in [2.24, 2.45) is 0 Å². The lowest BCUT2D eigenvalue weighted by Gasteiger charge is -2.24. The van der Waals surface area contributed by atoms with Crippen molar-refractivity contribution in [1.29, 1.82) is 0 Å². The molecule has 8 heteroatoms. The van der Waals surface area contributed by atoms with E-state index in [9.17, 15) is 13.2 Å². The Hall–Kier alpha value is -2.51. The molecule has 0 aliphatic rings. The highest BCUT2D eigenvalue weighted by Gasteiger charge is 2.27. The number of hydrogen-bond donors (Lipinski definition) is 1. The minimum Gasteiger partial charge on any atom is -0.495 e. The molecule has 0 atom stereocenters. The van der Waals surface area contributed by atoms with Gasteiger partial charge in [0.1, 0.15) is 12.3 Å². The van der Waals surface area contributed by atoms with Crippen LogP contribution in [0.2, 0.25) is 5.02 Å². The van der Waals surface area contributed by atoms with Crippen LogP contribution in [-0.2, 0) is 14.8 Å². The van der Waals surface area contributed by atoms with Crippen molar-refractivity contribution in [1.82, 2.24) is 5.32 Å². The van der Waals surface area contributed by atoms with Crippen LogP contribution in [-0.4, -0.2) is 34.5 Å². The summed E-state index contributed by atoms with van der Waals surface area (Å²) >= 11 is 6.15. The van der Waals surface area contributed by atoms with Crippen molar-refractivity contribution >= 4 is 33.2 Å². The van der Waals surface area contributed by atoms with Gasteiger partial charge >= 0.3 is 0 Å². The average Bonchev–Trinajstić information content (AvgIpc) is 2.64. The molecule has 2 aromatic rings. The first kappa shape index (κ1) is 20.8. The van der Waals surface area contributed by atoms with Gasteiger partial charge in [0.2, 0.25) is 5.91 Å². The predicted molar refractivity (Wildman–Crippen MR) is 107 cm³/mol. The first-order valence-electron chi connectivity index (χ1n) is 8.10. The van der Waals surface area contributed by atoms with Crippen molar-refractivity contribution in [3.8, 4) is 5.75 Å². The number of methoxy groups -OCH3 is 1. The maximum Gasteiger partial charge on any atom is 0.264 e. The highest BCUT2D eigenvalue weighted by molar-refractivity contribution is 7.92. The quantitative estimate of drug-likeness (QED) is 0.681. The maximum atomic E-state index is 13.2. The number of hydrogen-bond acceptors (Lipinski definition) is 4. The summed E-state index contributed by atoms with van der Waals surface area (Å²) in [7, 11) is -2.52. The Morgan fingerprint density at radius 3 is 2.48 bits per heavy atom. The van der Waals surface area contributed by atoms with Gasteiger partial charge in [0.15, 0.2) is 0 Å². The second kappa shape index (κ2) is 8.92. The largest absolute Gasteiger partial charge is 0.495 e. The Bertz CT molecular complexity index is 927. The number of nitrogens with one attached hydrogen (secondary N) is 1. The van der Waals surface area contributed by atoms with Crippen molar-refractivity contribution in [3.05, 3.63) is 65.7 Å². The molecule has 0 bridgehead atoms. The minimum absolute atomic E-state index is 0.0801. The fourth-order valence-electron chi connectivity index (χ4n) is 2.34. The van der Waals surface area contributed by atoms with Crippen LogP contribution in [0.15, 0.2) is 60.0 Å². The van der Waals surface area contributed by atoms with Gasteiger partial charge in [-0.3, -0.25) is 9.10 Å². The van der Waals surface area contributed by atoms with E-state index in [4.69, 9.17) is 16.3 Å². The van der Waals surface area contributed by atoms with E-state index in [1.807, 2.05) is 6.92 Å². The van der Waals surface area contributed by atoms with Crippen molar-refractivity contribution in [3.63, 3.8) is 0 Å². The summed E-state index contributed by atoms with van der Waals surface area (Å²) in [6, 6.07) is 10.9. The number of rotatable bonds is 8. The number of carbonyl (C=O) groups is 1.